The lowest BCUT2D eigenvalue weighted by molar-refractivity contribution is 0.176. The summed E-state index contributed by atoms with van der Waals surface area (Å²) in [4.78, 5) is 4.71. The van der Waals surface area contributed by atoms with Gasteiger partial charge in [-0.2, -0.15) is 5.10 Å². The molecule has 1 aromatic heterocycles. The number of aromatic nitrogens is 2. The van der Waals surface area contributed by atoms with E-state index in [4.69, 9.17) is 17.0 Å². The molecule has 0 saturated carbocycles. The summed E-state index contributed by atoms with van der Waals surface area (Å²) >= 11 is 5.60. The molecule has 0 radical (unpaired) electrons. The molecule has 0 amide bonds. The lowest BCUT2D eigenvalue weighted by Gasteiger charge is -2.36. The minimum Gasteiger partial charge on any atom is -0.494 e. The van der Waals surface area contributed by atoms with Crippen molar-refractivity contribution in [2.75, 3.05) is 38.1 Å². The van der Waals surface area contributed by atoms with Gasteiger partial charge in [0.1, 0.15) is 5.75 Å². The van der Waals surface area contributed by atoms with Gasteiger partial charge >= 0.3 is 0 Å². The molecule has 0 aliphatic carbocycles. The summed E-state index contributed by atoms with van der Waals surface area (Å²) in [6, 6.07) is 7.93. The van der Waals surface area contributed by atoms with Crippen LogP contribution in [0.1, 0.15) is 25.1 Å². The minimum absolute atomic E-state index is 0.675. The Labute approximate surface area is 167 Å². The lowest BCUT2D eigenvalue weighted by Crippen LogP contribution is -2.49. The lowest BCUT2D eigenvalue weighted by atomic mass is 10.2. The first kappa shape index (κ1) is 19.6. The summed E-state index contributed by atoms with van der Waals surface area (Å²) in [7, 11) is 0. The molecule has 1 fully saturated rings. The topological polar surface area (TPSA) is 45.6 Å². The zero-order valence-electron chi connectivity index (χ0n) is 16.4. The van der Waals surface area contributed by atoms with Crippen LogP contribution in [0.5, 0.6) is 5.75 Å². The predicted molar refractivity (Wildman–Crippen MR) is 113 cm³/mol. The van der Waals surface area contributed by atoms with E-state index in [2.05, 4.69) is 40.3 Å². The van der Waals surface area contributed by atoms with E-state index < -0.39 is 0 Å². The Hall–Kier alpha value is -2.12. The second-order valence-electron chi connectivity index (χ2n) is 6.75. The highest BCUT2D eigenvalue weighted by molar-refractivity contribution is 7.80. The maximum Gasteiger partial charge on any atom is 0.173 e. The molecule has 6 nitrogen and oxygen atoms in total. The van der Waals surface area contributed by atoms with E-state index in [1.54, 1.807) is 0 Å². The van der Waals surface area contributed by atoms with Crippen LogP contribution in [0.2, 0.25) is 0 Å². The van der Waals surface area contributed by atoms with Gasteiger partial charge in [0.25, 0.3) is 0 Å². The molecule has 1 aromatic carbocycles. The highest BCUT2D eigenvalue weighted by atomic mass is 32.1. The van der Waals surface area contributed by atoms with E-state index in [9.17, 15) is 0 Å². The van der Waals surface area contributed by atoms with Gasteiger partial charge in [-0.15, -0.1) is 0 Å². The van der Waals surface area contributed by atoms with E-state index in [1.807, 2.05) is 35.9 Å². The van der Waals surface area contributed by atoms with Crippen LogP contribution in [0, 0.1) is 6.92 Å². The van der Waals surface area contributed by atoms with Crippen LogP contribution in [-0.2, 0) is 13.1 Å². The van der Waals surface area contributed by atoms with Gasteiger partial charge in [-0.25, -0.2) is 0 Å². The van der Waals surface area contributed by atoms with Crippen molar-refractivity contribution in [1.29, 1.82) is 0 Å². The van der Waals surface area contributed by atoms with Crippen LogP contribution < -0.4 is 10.1 Å². The van der Waals surface area contributed by atoms with Gasteiger partial charge in [-0.1, -0.05) is 0 Å². The first-order valence-corrected chi connectivity index (χ1v) is 10.0. The van der Waals surface area contributed by atoms with Gasteiger partial charge in [0.2, 0.25) is 0 Å². The Bertz CT molecular complexity index is 750. The fourth-order valence-electron chi connectivity index (χ4n) is 3.23. The summed E-state index contributed by atoms with van der Waals surface area (Å²) in [5.41, 5.74) is 3.45. The average Bonchev–Trinajstić information content (AvgIpc) is 3.04. The fraction of sp³-hybridized carbons (Fsp3) is 0.500. The third-order valence-corrected chi connectivity index (χ3v) is 5.20. The Morgan fingerprint density at radius 1 is 1.15 bits per heavy atom. The second-order valence-corrected chi connectivity index (χ2v) is 7.13. The number of hydrogen-bond donors (Lipinski definition) is 1. The molecule has 2 heterocycles. The van der Waals surface area contributed by atoms with Gasteiger partial charge in [-0.3, -0.25) is 9.58 Å². The summed E-state index contributed by atoms with van der Waals surface area (Å²) in [6.07, 6.45) is 2.17. The molecule has 7 heteroatoms. The van der Waals surface area contributed by atoms with Crippen molar-refractivity contribution in [3.8, 4) is 5.75 Å². The number of ether oxygens (including phenoxy) is 1. The van der Waals surface area contributed by atoms with E-state index >= 15 is 0 Å². The van der Waals surface area contributed by atoms with Crippen LogP contribution in [0.25, 0.3) is 0 Å². The van der Waals surface area contributed by atoms with Gasteiger partial charge < -0.3 is 15.0 Å². The van der Waals surface area contributed by atoms with Crippen molar-refractivity contribution < 1.29 is 4.74 Å². The molecule has 2 aromatic rings. The van der Waals surface area contributed by atoms with Crippen molar-refractivity contribution in [3.63, 3.8) is 0 Å². The summed E-state index contributed by atoms with van der Waals surface area (Å²) in [6.45, 7) is 12.6. The molecule has 0 unspecified atom stereocenters. The number of benzene rings is 1. The Kier molecular flexibility index (Phi) is 6.68. The number of thiocarbonyl (C=S) groups is 1. The third-order valence-electron chi connectivity index (χ3n) is 4.84. The Morgan fingerprint density at radius 3 is 2.44 bits per heavy atom. The van der Waals surface area contributed by atoms with Crippen molar-refractivity contribution in [3.05, 3.63) is 41.7 Å². The Balaban J connectivity index is 1.48. The van der Waals surface area contributed by atoms with Crippen molar-refractivity contribution in [2.24, 2.45) is 0 Å². The number of hydrogen-bond acceptors (Lipinski definition) is 4. The summed E-state index contributed by atoms with van der Waals surface area (Å²) in [5, 5.41) is 8.66. The van der Waals surface area contributed by atoms with Gasteiger partial charge in [0.15, 0.2) is 5.11 Å². The number of aryl methyl sites for hydroxylation is 2. The number of nitrogens with zero attached hydrogens (tertiary/aromatic N) is 4. The second kappa shape index (κ2) is 9.19. The molecular weight excluding hydrogens is 358 g/mol. The highest BCUT2D eigenvalue weighted by Gasteiger charge is 2.20. The number of rotatable bonds is 6. The molecule has 1 saturated heterocycles. The molecule has 0 bridgehead atoms. The monoisotopic (exact) mass is 387 g/mol. The van der Waals surface area contributed by atoms with Crippen LogP contribution in [0.15, 0.2) is 30.5 Å². The zero-order chi connectivity index (χ0) is 19.2. The first-order valence-electron chi connectivity index (χ1n) is 9.63. The molecule has 1 N–H and O–H groups in total. The minimum atomic E-state index is 0.675. The Morgan fingerprint density at radius 2 is 1.85 bits per heavy atom. The number of piperazine rings is 1. The van der Waals surface area contributed by atoms with E-state index in [0.717, 1.165) is 61.5 Å². The molecule has 3 rings (SSSR count). The summed E-state index contributed by atoms with van der Waals surface area (Å²) in [5.74, 6) is 0.879. The standard InChI is InChI=1S/C20H29N5OS/c1-4-25-15-17(16(3)22-25)14-23-10-12-24(13-11-23)20(27)21-18-6-8-19(9-7-18)26-5-2/h6-9,15H,4-5,10-14H2,1-3H3,(H,21,27). The van der Waals surface area contributed by atoms with Crippen molar-refractivity contribution >= 4 is 23.0 Å². The smallest absolute Gasteiger partial charge is 0.173 e. The van der Waals surface area contributed by atoms with E-state index in [1.165, 1.54) is 5.56 Å². The summed E-state index contributed by atoms with van der Waals surface area (Å²) < 4.78 is 7.49. The van der Waals surface area contributed by atoms with E-state index in [-0.39, 0.29) is 0 Å². The van der Waals surface area contributed by atoms with Crippen LogP contribution in [0.4, 0.5) is 5.69 Å². The third kappa shape index (κ3) is 5.20. The molecule has 146 valence electrons. The van der Waals surface area contributed by atoms with Crippen LogP contribution in [-0.4, -0.2) is 57.5 Å². The van der Waals surface area contributed by atoms with Crippen LogP contribution in [0.3, 0.4) is 0 Å². The number of nitrogens with one attached hydrogen (secondary N) is 1. The maximum atomic E-state index is 5.60. The van der Waals surface area contributed by atoms with Gasteiger partial charge in [-0.05, 0) is 57.3 Å². The largest absolute Gasteiger partial charge is 0.494 e. The van der Waals surface area contributed by atoms with E-state index in [0.29, 0.717) is 6.61 Å². The molecule has 1 aliphatic rings. The predicted octanol–water partition coefficient (Wildman–Crippen LogP) is 3.12. The van der Waals surface area contributed by atoms with Crippen LogP contribution >= 0.6 is 12.2 Å². The highest BCUT2D eigenvalue weighted by Crippen LogP contribution is 2.17. The van der Waals surface area contributed by atoms with Gasteiger partial charge in [0, 0.05) is 56.7 Å². The molecule has 0 atom stereocenters. The molecule has 1 aliphatic heterocycles. The number of anilines is 1. The average molecular weight is 388 g/mol. The normalized spacial score (nSPS) is 15.0. The van der Waals surface area contributed by atoms with Gasteiger partial charge in [0.05, 0.1) is 12.3 Å². The maximum absolute atomic E-state index is 5.60. The molecule has 0 spiro atoms. The fourth-order valence-corrected chi connectivity index (χ4v) is 3.53. The molecular formula is C20H29N5OS. The SMILES string of the molecule is CCOc1ccc(NC(=S)N2CCN(Cc3cn(CC)nc3C)CC2)cc1. The van der Waals surface area contributed by atoms with Crippen molar-refractivity contribution in [2.45, 2.75) is 33.9 Å². The zero-order valence-corrected chi connectivity index (χ0v) is 17.3. The quantitative estimate of drug-likeness (QED) is 0.769. The first-order chi connectivity index (χ1) is 13.1. The molecule has 27 heavy (non-hydrogen) atoms. The van der Waals surface area contributed by atoms with Crippen molar-refractivity contribution in [1.82, 2.24) is 19.6 Å².